The fourth-order valence-corrected chi connectivity index (χ4v) is 17.9. The Hall–Kier alpha value is -4.56. The molecule has 10 aliphatic rings. The van der Waals surface area contributed by atoms with Crippen LogP contribution in [-0.2, 0) is 20.8 Å². The van der Waals surface area contributed by atoms with Crippen LogP contribution in [0.25, 0.3) is 6.08 Å². The summed E-state index contributed by atoms with van der Waals surface area (Å²) in [4.78, 5) is 48.8. The molecule has 4 fully saturated rings. The van der Waals surface area contributed by atoms with Gasteiger partial charge in [-0.3, -0.25) is 9.59 Å². The molecule has 0 heterocycles. The smallest absolute Gasteiger partial charge is 0.331 e. The third-order valence-electron chi connectivity index (χ3n) is 20.3. The molecule has 64 heavy (non-hydrogen) atoms. The predicted molar refractivity (Wildman–Crippen MR) is 243 cm³/mol. The summed E-state index contributed by atoms with van der Waals surface area (Å²) in [6, 6.07) is 8.36. The van der Waals surface area contributed by atoms with Crippen LogP contribution in [0.15, 0.2) is 81.4 Å². The van der Waals surface area contributed by atoms with E-state index in [0.717, 1.165) is 30.4 Å². The first-order valence-corrected chi connectivity index (χ1v) is 23.9. The molecule has 4 bridgehead atoms. The molecule has 336 valence electrons. The second-order valence-corrected chi connectivity index (χ2v) is 22.4. The number of nitrogens with zero attached hydrogens (tertiary/aromatic N) is 1. The summed E-state index contributed by atoms with van der Waals surface area (Å²) in [6.45, 7) is 8.00. The van der Waals surface area contributed by atoms with Crippen LogP contribution >= 0.6 is 0 Å². The minimum Gasteiger partial charge on any atom is -0.478 e. The van der Waals surface area contributed by atoms with Crippen LogP contribution in [0.3, 0.4) is 0 Å². The molecule has 11 rings (SSSR count). The number of aryl methyl sites for hydroxylation is 1. The maximum Gasteiger partial charge on any atom is 0.331 e. The van der Waals surface area contributed by atoms with Crippen molar-refractivity contribution in [1.82, 2.24) is 0 Å². The van der Waals surface area contributed by atoms with Crippen LogP contribution in [0, 0.1) is 68.5 Å². The highest BCUT2D eigenvalue weighted by Gasteiger charge is 2.86. The number of aliphatic carboxylic acids is 1. The Labute approximate surface area is 376 Å². The molecule has 0 saturated heterocycles. The number of carboxylic acid groups (broad SMARTS) is 1. The molecule has 4 saturated carbocycles. The lowest BCUT2D eigenvalue weighted by Gasteiger charge is -2.72. The zero-order chi connectivity index (χ0) is 45.2. The number of aliphatic hydroxyl groups is 3. The number of benzene rings is 1. The molecule has 10 aliphatic carbocycles. The maximum atomic E-state index is 16.6. The van der Waals surface area contributed by atoms with Gasteiger partial charge in [-0.1, -0.05) is 87.8 Å². The van der Waals surface area contributed by atoms with Gasteiger partial charge < -0.3 is 31.9 Å². The molecule has 0 amide bonds. The van der Waals surface area contributed by atoms with Crippen LogP contribution in [0.1, 0.15) is 122 Å². The van der Waals surface area contributed by atoms with E-state index in [4.69, 9.17) is 16.5 Å². The number of Topliss-reactive ketones (excluding diaryl/α,β-unsaturated/α-hetero) is 2. The zero-order valence-electron chi connectivity index (χ0n) is 37.7. The number of hydrogen-bond donors (Lipinski definition) is 6. The lowest BCUT2D eigenvalue weighted by atomic mass is 9.31. The Morgan fingerprint density at radius 1 is 0.891 bits per heavy atom. The average Bonchev–Trinajstić information content (AvgIpc) is 3.40. The number of allylic oxidation sites excluding steroid dienone is 2. The summed E-state index contributed by atoms with van der Waals surface area (Å²) < 4.78 is 0. The number of carbonyl (C=O) groups excluding carboxylic acids is 2. The molecular formula is C54H63N3O7. The number of ketones is 2. The summed E-state index contributed by atoms with van der Waals surface area (Å²) in [7, 11) is 0. The van der Waals surface area contributed by atoms with Gasteiger partial charge in [-0.25, -0.2) is 9.79 Å². The largest absolute Gasteiger partial charge is 0.478 e. The highest BCUT2D eigenvalue weighted by molar-refractivity contribution is 6.04. The van der Waals surface area contributed by atoms with E-state index >= 15 is 4.79 Å². The molecule has 0 aliphatic heterocycles. The van der Waals surface area contributed by atoms with E-state index in [0.29, 0.717) is 74.5 Å². The number of carbonyl (C=O) groups is 3. The SMILES string of the molecule is CC(C(=O)O)=C1CCC2(N=C(N)N)C=CC34CC5(O)C=CC6(O)C7=C8C(=O)C(CCCCC3C2C1O)C4(C)C75CCC#CCC1(C)C(=O)CCC8(C)C1C6C1=Cc2ccccc2CC1. The standard InChI is InChI=1S/C54H63N3O7/c1-30(45(61)62)34-18-23-51(57-46(55)56)25-24-50-29-52(63)26-27-53(64)38(33-17-16-31-12-6-7-13-32(31)28-33)43-47(2)20-10-5-11-21-54(52)44(53)40(48(43,3)22-19-37(47)58)42(60)36(49(50,54)4)15-9-8-14-35(50)39(51)41(34)59/h6-7,12-13,24-28,35-36,38-39,41,43,59,63-64H,8-9,11,14-23,29H2,1-4H3,(H,61,62)(H4,55,56,57). The van der Waals surface area contributed by atoms with Crippen molar-refractivity contribution in [3.63, 3.8) is 0 Å². The molecule has 14 unspecified atom stereocenters. The quantitative estimate of drug-likeness (QED) is 0.0632. The van der Waals surface area contributed by atoms with Gasteiger partial charge in [0.05, 0.1) is 17.2 Å². The number of fused-ring (bicyclic) bond motifs is 4. The molecule has 0 radical (unpaired) electrons. The highest BCUT2D eigenvalue weighted by atomic mass is 16.4. The Bertz CT molecular complexity index is 2610. The van der Waals surface area contributed by atoms with Crippen LogP contribution in [-0.4, -0.2) is 66.8 Å². The monoisotopic (exact) mass is 865 g/mol. The summed E-state index contributed by atoms with van der Waals surface area (Å²) in [5.74, 6) is 3.23. The Morgan fingerprint density at radius 2 is 1.66 bits per heavy atom. The van der Waals surface area contributed by atoms with Crippen molar-refractivity contribution in [1.29, 1.82) is 0 Å². The third kappa shape index (κ3) is 4.74. The van der Waals surface area contributed by atoms with E-state index in [1.54, 1.807) is 6.92 Å². The summed E-state index contributed by atoms with van der Waals surface area (Å²) in [5.41, 5.74) is 8.32. The second-order valence-electron chi connectivity index (χ2n) is 22.4. The Morgan fingerprint density at radius 3 is 2.42 bits per heavy atom. The lowest BCUT2D eigenvalue weighted by molar-refractivity contribution is -0.185. The van der Waals surface area contributed by atoms with E-state index in [1.165, 1.54) is 5.56 Å². The van der Waals surface area contributed by atoms with E-state index in [-0.39, 0.29) is 35.9 Å². The molecule has 1 aromatic carbocycles. The topological polar surface area (TPSA) is 197 Å². The molecule has 1 aromatic rings. The van der Waals surface area contributed by atoms with Crippen LogP contribution in [0.5, 0.6) is 0 Å². The zero-order valence-corrected chi connectivity index (χ0v) is 37.7. The normalized spacial score (nSPS) is 47.6. The van der Waals surface area contributed by atoms with Gasteiger partial charge >= 0.3 is 5.97 Å². The molecule has 8 N–H and O–H groups in total. The minimum atomic E-state index is -1.74. The van der Waals surface area contributed by atoms with Crippen LogP contribution < -0.4 is 11.5 Å². The van der Waals surface area contributed by atoms with Gasteiger partial charge in [0, 0.05) is 69.8 Å². The van der Waals surface area contributed by atoms with Gasteiger partial charge in [0.2, 0.25) is 0 Å². The second kappa shape index (κ2) is 13.3. The summed E-state index contributed by atoms with van der Waals surface area (Å²) in [5, 5.41) is 51.8. The van der Waals surface area contributed by atoms with Crippen molar-refractivity contribution in [2.45, 2.75) is 140 Å². The number of hydrogen-bond acceptors (Lipinski definition) is 7. The van der Waals surface area contributed by atoms with Crippen LogP contribution in [0.2, 0.25) is 0 Å². The molecular weight excluding hydrogens is 803 g/mol. The van der Waals surface area contributed by atoms with E-state index in [2.05, 4.69) is 56.0 Å². The summed E-state index contributed by atoms with van der Waals surface area (Å²) >= 11 is 0. The number of aliphatic imine (C=N–C) groups is 1. The van der Waals surface area contributed by atoms with Gasteiger partial charge in [0.25, 0.3) is 0 Å². The van der Waals surface area contributed by atoms with Crippen molar-refractivity contribution >= 4 is 29.6 Å². The molecule has 10 nitrogen and oxygen atoms in total. The maximum absolute atomic E-state index is 16.6. The fraction of sp³-hybridized carbons (Fsp3) is 0.593. The minimum absolute atomic E-state index is 0.0119. The van der Waals surface area contributed by atoms with Crippen molar-refractivity contribution < 1.29 is 34.8 Å². The number of nitrogens with two attached hydrogens (primary N) is 2. The first kappa shape index (κ1) is 42.1. The first-order valence-electron chi connectivity index (χ1n) is 23.9. The third-order valence-corrected chi connectivity index (χ3v) is 20.3. The molecule has 14 atom stereocenters. The lowest BCUT2D eigenvalue weighted by Crippen LogP contribution is -2.73. The Kier molecular flexibility index (Phi) is 8.74. The van der Waals surface area contributed by atoms with Crippen molar-refractivity contribution in [2.75, 3.05) is 0 Å². The van der Waals surface area contributed by atoms with E-state index < -0.39 is 85.5 Å². The van der Waals surface area contributed by atoms with Crippen molar-refractivity contribution in [3.8, 4) is 11.8 Å². The Balaban J connectivity index is 1.24. The van der Waals surface area contributed by atoms with Crippen LogP contribution in [0.4, 0.5) is 0 Å². The first-order chi connectivity index (χ1) is 30.3. The number of carboxylic acids is 1. The fourth-order valence-electron chi connectivity index (χ4n) is 17.9. The van der Waals surface area contributed by atoms with Gasteiger partial charge in [-0.05, 0) is 110 Å². The van der Waals surface area contributed by atoms with Crippen molar-refractivity contribution in [3.05, 3.63) is 87.6 Å². The predicted octanol–water partition coefficient (Wildman–Crippen LogP) is 6.68. The van der Waals surface area contributed by atoms with E-state index in [1.807, 2.05) is 31.2 Å². The van der Waals surface area contributed by atoms with E-state index in [9.17, 15) is 30.0 Å². The molecule has 0 aromatic heterocycles. The van der Waals surface area contributed by atoms with Gasteiger partial charge in [-0.15, -0.1) is 11.8 Å². The van der Waals surface area contributed by atoms with Gasteiger partial charge in [0.15, 0.2) is 11.7 Å². The number of guanidine groups is 1. The van der Waals surface area contributed by atoms with Gasteiger partial charge in [-0.2, -0.15) is 0 Å². The highest BCUT2D eigenvalue weighted by Crippen LogP contribution is 2.86. The van der Waals surface area contributed by atoms with Gasteiger partial charge in [0.1, 0.15) is 11.4 Å². The number of rotatable bonds is 3. The number of aliphatic hydroxyl groups excluding tert-OH is 1. The molecule has 10 heteroatoms. The molecule has 2 spiro atoms. The van der Waals surface area contributed by atoms with Crippen molar-refractivity contribution in [2.24, 2.45) is 73.1 Å². The average molecular weight is 866 g/mol. The summed E-state index contributed by atoms with van der Waals surface area (Å²) in [6.07, 6.45) is 15.8.